The normalized spacial score (nSPS) is 18.5. The number of aryl methyl sites for hydroxylation is 1. The summed E-state index contributed by atoms with van der Waals surface area (Å²) in [7, 11) is 0. The van der Waals surface area contributed by atoms with Gasteiger partial charge >= 0.3 is 5.97 Å². The fourth-order valence-corrected chi connectivity index (χ4v) is 5.40. The maximum atomic E-state index is 12.0. The highest BCUT2D eigenvalue weighted by molar-refractivity contribution is 5.77. The maximum Gasteiger partial charge on any atom is 0.320 e. The molecule has 3 atom stereocenters. The highest BCUT2D eigenvalue weighted by Gasteiger charge is 2.33. The molecule has 1 fully saturated rings. The van der Waals surface area contributed by atoms with Gasteiger partial charge in [0, 0.05) is 30.4 Å². The zero-order valence-electron chi connectivity index (χ0n) is 22.0. The molecule has 1 aromatic heterocycles. The third-order valence-electron chi connectivity index (χ3n) is 7.66. The van der Waals surface area contributed by atoms with Gasteiger partial charge in [-0.05, 0) is 61.8 Å². The van der Waals surface area contributed by atoms with Crippen molar-refractivity contribution in [2.24, 2.45) is 11.8 Å². The Balaban J connectivity index is 1.57. The molecule has 2 aromatic rings. The molecule has 1 saturated carbocycles. The van der Waals surface area contributed by atoms with Gasteiger partial charge in [0.05, 0.1) is 11.4 Å². The first-order valence-corrected chi connectivity index (χ1v) is 13.7. The van der Waals surface area contributed by atoms with Crippen molar-refractivity contribution in [3.05, 3.63) is 57.5 Å². The minimum absolute atomic E-state index is 0.0501. The van der Waals surface area contributed by atoms with Crippen LogP contribution < -0.4 is 21.1 Å². The SMILES string of the molecule is CCCC(CCC1CC1)CN1c2ccc(CNC(CCC)C(=O)O)cc2NC1c1c[nH]c(=O)c(C)c1. The first-order chi connectivity index (χ1) is 17.4. The van der Waals surface area contributed by atoms with Crippen LogP contribution in [0.5, 0.6) is 0 Å². The Morgan fingerprint density at radius 1 is 1.17 bits per heavy atom. The lowest BCUT2D eigenvalue weighted by molar-refractivity contribution is -0.139. The summed E-state index contributed by atoms with van der Waals surface area (Å²) >= 11 is 0. The van der Waals surface area contributed by atoms with E-state index in [2.05, 4.69) is 45.6 Å². The summed E-state index contributed by atoms with van der Waals surface area (Å²) in [4.78, 5) is 28.9. The minimum atomic E-state index is -0.802. The van der Waals surface area contributed by atoms with E-state index in [0.717, 1.165) is 35.7 Å². The number of nitrogens with zero attached hydrogens (tertiary/aromatic N) is 1. The van der Waals surface area contributed by atoms with Crippen molar-refractivity contribution in [3.8, 4) is 0 Å². The topological polar surface area (TPSA) is 97.5 Å². The van der Waals surface area contributed by atoms with Crippen LogP contribution in [0.3, 0.4) is 0 Å². The van der Waals surface area contributed by atoms with Gasteiger partial charge in [0.2, 0.25) is 0 Å². The van der Waals surface area contributed by atoms with Gasteiger partial charge in [-0.3, -0.25) is 9.59 Å². The van der Waals surface area contributed by atoms with Crippen LogP contribution in [0.25, 0.3) is 0 Å². The van der Waals surface area contributed by atoms with Gasteiger partial charge in [-0.1, -0.05) is 52.0 Å². The molecule has 2 aliphatic rings. The number of hydrogen-bond acceptors (Lipinski definition) is 5. The van der Waals surface area contributed by atoms with Crippen molar-refractivity contribution in [3.63, 3.8) is 0 Å². The van der Waals surface area contributed by atoms with E-state index in [1.165, 1.54) is 44.2 Å². The quantitative estimate of drug-likeness (QED) is 0.274. The zero-order chi connectivity index (χ0) is 25.7. The number of nitrogens with one attached hydrogen (secondary N) is 3. The predicted molar refractivity (Wildman–Crippen MR) is 145 cm³/mol. The van der Waals surface area contributed by atoms with Crippen molar-refractivity contribution in [1.82, 2.24) is 10.3 Å². The molecule has 1 aliphatic heterocycles. The largest absolute Gasteiger partial charge is 0.480 e. The molecule has 2 heterocycles. The first kappa shape index (κ1) is 26.3. The first-order valence-electron chi connectivity index (χ1n) is 13.7. The number of carboxylic acid groups (broad SMARTS) is 1. The molecule has 0 saturated heterocycles. The molecule has 0 radical (unpaired) electrons. The smallest absolute Gasteiger partial charge is 0.320 e. The summed E-state index contributed by atoms with van der Waals surface area (Å²) in [6.45, 7) is 7.60. The molecule has 7 heteroatoms. The number of anilines is 2. The molecular formula is C29H42N4O3. The summed E-state index contributed by atoms with van der Waals surface area (Å²) in [5.74, 6) is 0.758. The summed E-state index contributed by atoms with van der Waals surface area (Å²) in [6.07, 6.45) is 11.0. The van der Waals surface area contributed by atoms with E-state index in [1.807, 2.05) is 26.1 Å². The van der Waals surface area contributed by atoms with Crippen molar-refractivity contribution in [2.45, 2.75) is 90.9 Å². The van der Waals surface area contributed by atoms with Crippen LogP contribution in [-0.2, 0) is 11.3 Å². The van der Waals surface area contributed by atoms with E-state index in [1.54, 1.807) is 0 Å². The molecule has 1 aromatic carbocycles. The lowest BCUT2D eigenvalue weighted by atomic mass is 9.95. The summed E-state index contributed by atoms with van der Waals surface area (Å²) < 4.78 is 0. The van der Waals surface area contributed by atoms with Gasteiger partial charge in [-0.15, -0.1) is 0 Å². The summed E-state index contributed by atoms with van der Waals surface area (Å²) in [6, 6.07) is 7.85. The molecule has 3 unspecified atom stereocenters. The van der Waals surface area contributed by atoms with Crippen LogP contribution in [-0.4, -0.2) is 28.6 Å². The minimum Gasteiger partial charge on any atom is -0.480 e. The average Bonchev–Trinajstić information content (AvgIpc) is 3.62. The fourth-order valence-electron chi connectivity index (χ4n) is 5.40. The van der Waals surface area contributed by atoms with Crippen LogP contribution in [0, 0.1) is 18.8 Å². The third kappa shape index (κ3) is 6.49. The summed E-state index contributed by atoms with van der Waals surface area (Å²) in [5, 5.41) is 16.4. The number of H-pyrrole nitrogens is 1. The zero-order valence-corrected chi connectivity index (χ0v) is 22.0. The predicted octanol–water partition coefficient (Wildman–Crippen LogP) is 5.56. The molecule has 1 aliphatic carbocycles. The van der Waals surface area contributed by atoms with Crippen LogP contribution in [0.15, 0.2) is 35.3 Å². The highest BCUT2D eigenvalue weighted by atomic mass is 16.4. The van der Waals surface area contributed by atoms with Gasteiger partial charge in [0.15, 0.2) is 0 Å². The number of carboxylic acids is 1. The fraction of sp³-hybridized carbons (Fsp3) is 0.586. The number of fused-ring (bicyclic) bond motifs is 1. The number of benzene rings is 1. The Labute approximate surface area is 214 Å². The molecule has 0 spiro atoms. The van der Waals surface area contributed by atoms with Gasteiger partial charge in [0.1, 0.15) is 12.2 Å². The summed E-state index contributed by atoms with van der Waals surface area (Å²) in [5.41, 5.74) is 4.99. The van der Waals surface area contributed by atoms with E-state index < -0.39 is 12.0 Å². The van der Waals surface area contributed by atoms with E-state index in [4.69, 9.17) is 0 Å². The number of carbonyl (C=O) groups is 1. The van der Waals surface area contributed by atoms with Gasteiger partial charge in [-0.25, -0.2) is 0 Å². The standard InChI is InChI=1S/C29H42N4O3/c1-4-6-21(11-10-20-8-9-20)18-33-26-13-12-22(16-30-24(7-5-2)29(35)36)15-25(26)32-27(33)23-14-19(3)28(34)31-17-23/h12-15,17,20-21,24,27,30,32H,4-11,16,18H2,1-3H3,(H,31,34)(H,35,36). The van der Waals surface area contributed by atoms with E-state index in [9.17, 15) is 14.7 Å². The molecule has 4 N–H and O–H groups in total. The Morgan fingerprint density at radius 3 is 2.61 bits per heavy atom. The van der Waals surface area contributed by atoms with Crippen molar-refractivity contribution in [2.75, 3.05) is 16.8 Å². The van der Waals surface area contributed by atoms with Gasteiger partial charge in [0.25, 0.3) is 5.56 Å². The van der Waals surface area contributed by atoms with Crippen molar-refractivity contribution in [1.29, 1.82) is 0 Å². The number of pyridine rings is 1. The monoisotopic (exact) mass is 494 g/mol. The Hall–Kier alpha value is -2.80. The second-order valence-corrected chi connectivity index (χ2v) is 10.7. The third-order valence-corrected chi connectivity index (χ3v) is 7.66. The number of aliphatic carboxylic acids is 1. The van der Waals surface area contributed by atoms with E-state index in [-0.39, 0.29) is 11.7 Å². The lowest BCUT2D eigenvalue weighted by Crippen LogP contribution is -2.35. The molecule has 196 valence electrons. The Bertz CT molecular complexity index is 1090. The molecule has 7 nitrogen and oxygen atoms in total. The number of aromatic nitrogens is 1. The van der Waals surface area contributed by atoms with Gasteiger partial charge in [-0.2, -0.15) is 0 Å². The molecule has 4 rings (SSSR count). The maximum absolute atomic E-state index is 12.0. The Kier molecular flexibility index (Phi) is 8.72. The van der Waals surface area contributed by atoms with Crippen molar-refractivity contribution >= 4 is 17.3 Å². The second kappa shape index (κ2) is 12.0. The van der Waals surface area contributed by atoms with E-state index >= 15 is 0 Å². The van der Waals surface area contributed by atoms with Crippen LogP contribution in [0.1, 0.15) is 88.1 Å². The number of aromatic amines is 1. The second-order valence-electron chi connectivity index (χ2n) is 10.7. The number of hydrogen-bond donors (Lipinski definition) is 4. The lowest BCUT2D eigenvalue weighted by Gasteiger charge is -2.31. The average molecular weight is 495 g/mol. The molecular weight excluding hydrogens is 452 g/mol. The number of rotatable bonds is 14. The molecule has 0 amide bonds. The molecule has 36 heavy (non-hydrogen) atoms. The Morgan fingerprint density at radius 2 is 1.94 bits per heavy atom. The highest BCUT2D eigenvalue weighted by Crippen LogP contribution is 2.43. The van der Waals surface area contributed by atoms with E-state index in [0.29, 0.717) is 24.4 Å². The molecule has 0 bridgehead atoms. The van der Waals surface area contributed by atoms with Crippen LogP contribution in [0.2, 0.25) is 0 Å². The van der Waals surface area contributed by atoms with Crippen LogP contribution in [0.4, 0.5) is 11.4 Å². The van der Waals surface area contributed by atoms with Gasteiger partial charge < -0.3 is 25.6 Å². The van der Waals surface area contributed by atoms with Crippen LogP contribution >= 0.6 is 0 Å². The van der Waals surface area contributed by atoms with Crippen molar-refractivity contribution < 1.29 is 9.90 Å².